The van der Waals surface area contributed by atoms with E-state index in [0.717, 1.165) is 4.90 Å². The Morgan fingerprint density at radius 2 is 2.20 bits per heavy atom. The molecule has 0 spiro atoms. The van der Waals surface area contributed by atoms with Gasteiger partial charge in [0.15, 0.2) is 5.82 Å². The lowest BCUT2D eigenvalue weighted by Crippen LogP contribution is -2.27. The Balaban J connectivity index is 1.96. The molecule has 20 heavy (non-hydrogen) atoms. The quantitative estimate of drug-likeness (QED) is 0.829. The molecule has 0 aliphatic carbocycles. The first-order valence-electron chi connectivity index (χ1n) is 6.48. The summed E-state index contributed by atoms with van der Waals surface area (Å²) in [4.78, 5) is 5.24. The van der Waals surface area contributed by atoms with Gasteiger partial charge in [-0.2, -0.15) is 4.98 Å². The van der Waals surface area contributed by atoms with Crippen molar-refractivity contribution >= 4 is 11.8 Å². The fourth-order valence-corrected chi connectivity index (χ4v) is 2.46. The molecule has 0 bridgehead atoms. The van der Waals surface area contributed by atoms with Gasteiger partial charge in [0.1, 0.15) is 5.82 Å². The number of nitrogens with zero attached hydrogens (tertiary/aromatic N) is 2. The first-order valence-corrected chi connectivity index (χ1v) is 7.47. The van der Waals surface area contributed by atoms with Gasteiger partial charge in [0, 0.05) is 10.9 Å². The molecule has 1 aromatic carbocycles. The summed E-state index contributed by atoms with van der Waals surface area (Å²) in [6.07, 6.45) is 0. The van der Waals surface area contributed by atoms with Crippen molar-refractivity contribution < 1.29 is 8.91 Å². The van der Waals surface area contributed by atoms with E-state index in [1.807, 2.05) is 20.0 Å². The number of benzene rings is 1. The van der Waals surface area contributed by atoms with Gasteiger partial charge in [-0.3, -0.25) is 0 Å². The Labute approximate surface area is 122 Å². The molecule has 108 valence electrons. The van der Waals surface area contributed by atoms with Crippen molar-refractivity contribution in [2.75, 3.05) is 7.05 Å². The third-order valence-corrected chi connectivity index (χ3v) is 4.23. The molecule has 0 radical (unpaired) electrons. The summed E-state index contributed by atoms with van der Waals surface area (Å²) in [5.74, 6) is 1.74. The summed E-state index contributed by atoms with van der Waals surface area (Å²) in [6, 6.07) is 6.74. The van der Waals surface area contributed by atoms with Crippen LogP contribution >= 0.6 is 11.8 Å². The normalized spacial score (nSPS) is 14.2. The first-order chi connectivity index (χ1) is 9.60. The van der Waals surface area contributed by atoms with E-state index >= 15 is 0 Å². The van der Waals surface area contributed by atoms with Crippen LogP contribution in [0.2, 0.25) is 0 Å². The Hall–Kier alpha value is -1.40. The molecular weight excluding hydrogens is 277 g/mol. The second kappa shape index (κ2) is 6.85. The molecule has 4 nitrogen and oxygen atoms in total. The number of aromatic nitrogens is 2. The summed E-state index contributed by atoms with van der Waals surface area (Å²) >= 11 is 1.49. The number of halogens is 1. The predicted molar refractivity (Wildman–Crippen MR) is 77.2 cm³/mol. The van der Waals surface area contributed by atoms with E-state index < -0.39 is 0 Å². The van der Waals surface area contributed by atoms with Crippen molar-refractivity contribution in [3.63, 3.8) is 0 Å². The summed E-state index contributed by atoms with van der Waals surface area (Å²) in [6.45, 7) is 4.11. The molecule has 1 heterocycles. The largest absolute Gasteiger partial charge is 0.339 e. The van der Waals surface area contributed by atoms with Crippen LogP contribution in [0.15, 0.2) is 33.7 Å². The van der Waals surface area contributed by atoms with Gasteiger partial charge < -0.3 is 9.84 Å². The van der Waals surface area contributed by atoms with Crippen LogP contribution in [0.1, 0.15) is 31.5 Å². The average molecular weight is 295 g/mol. The van der Waals surface area contributed by atoms with Crippen LogP contribution in [0.4, 0.5) is 4.39 Å². The molecule has 0 amide bonds. The molecule has 1 N–H and O–H groups in total. The second-order valence-corrected chi connectivity index (χ2v) is 5.71. The van der Waals surface area contributed by atoms with Crippen molar-refractivity contribution in [2.45, 2.75) is 36.5 Å². The van der Waals surface area contributed by atoms with Crippen LogP contribution in [0.3, 0.4) is 0 Å². The SMILES string of the molecule is CNC(C)C(C)c1nc(CSc2cccc(F)c2)no1. The summed E-state index contributed by atoms with van der Waals surface area (Å²) in [5, 5.41) is 7.12. The fraction of sp³-hybridized carbons (Fsp3) is 0.429. The molecule has 0 fully saturated rings. The highest BCUT2D eigenvalue weighted by Crippen LogP contribution is 2.23. The standard InChI is InChI=1S/C14H18FN3OS/c1-9(10(2)16-3)14-17-13(18-19-14)8-20-12-6-4-5-11(15)7-12/h4-7,9-10,16H,8H2,1-3H3. The highest BCUT2D eigenvalue weighted by Gasteiger charge is 2.19. The summed E-state index contributed by atoms with van der Waals surface area (Å²) in [7, 11) is 1.90. The van der Waals surface area contributed by atoms with Crippen LogP contribution in [-0.2, 0) is 5.75 Å². The van der Waals surface area contributed by atoms with Crippen LogP contribution in [0, 0.1) is 5.82 Å². The minimum Gasteiger partial charge on any atom is -0.339 e. The van der Waals surface area contributed by atoms with Gasteiger partial charge in [-0.1, -0.05) is 18.1 Å². The van der Waals surface area contributed by atoms with Crippen molar-refractivity contribution in [1.29, 1.82) is 0 Å². The average Bonchev–Trinajstić information content (AvgIpc) is 2.92. The van der Waals surface area contributed by atoms with Crippen molar-refractivity contribution in [1.82, 2.24) is 15.5 Å². The molecule has 0 aliphatic rings. The summed E-state index contributed by atoms with van der Waals surface area (Å²) < 4.78 is 18.3. The highest BCUT2D eigenvalue weighted by molar-refractivity contribution is 7.98. The molecule has 1 aromatic heterocycles. The zero-order valence-electron chi connectivity index (χ0n) is 11.8. The van der Waals surface area contributed by atoms with Crippen LogP contribution in [0.25, 0.3) is 0 Å². The first kappa shape index (κ1) is 15.0. The number of hydrogen-bond donors (Lipinski definition) is 1. The van der Waals surface area contributed by atoms with E-state index in [1.54, 1.807) is 6.07 Å². The number of nitrogens with one attached hydrogen (secondary N) is 1. The summed E-state index contributed by atoms with van der Waals surface area (Å²) in [5.41, 5.74) is 0. The minimum atomic E-state index is -0.236. The smallest absolute Gasteiger partial charge is 0.231 e. The molecule has 2 rings (SSSR count). The monoisotopic (exact) mass is 295 g/mol. The predicted octanol–water partition coefficient (Wildman–Crippen LogP) is 3.21. The molecule has 0 saturated carbocycles. The Bertz CT molecular complexity index is 561. The van der Waals surface area contributed by atoms with Gasteiger partial charge in [-0.15, -0.1) is 11.8 Å². The van der Waals surface area contributed by atoms with E-state index in [1.165, 1.54) is 23.9 Å². The Morgan fingerprint density at radius 3 is 2.90 bits per heavy atom. The van der Waals surface area contributed by atoms with Crippen LogP contribution in [-0.4, -0.2) is 23.2 Å². The lowest BCUT2D eigenvalue weighted by Gasteiger charge is -2.14. The number of hydrogen-bond acceptors (Lipinski definition) is 5. The maximum absolute atomic E-state index is 13.1. The van der Waals surface area contributed by atoms with Gasteiger partial charge in [-0.25, -0.2) is 4.39 Å². The molecule has 0 saturated heterocycles. The van der Waals surface area contributed by atoms with Crippen molar-refractivity contribution in [2.24, 2.45) is 0 Å². The number of thioether (sulfide) groups is 1. The van der Waals surface area contributed by atoms with Gasteiger partial charge in [0.2, 0.25) is 5.89 Å². The Morgan fingerprint density at radius 1 is 1.40 bits per heavy atom. The van der Waals surface area contributed by atoms with Gasteiger partial charge >= 0.3 is 0 Å². The van der Waals surface area contributed by atoms with E-state index in [9.17, 15) is 4.39 Å². The zero-order valence-corrected chi connectivity index (χ0v) is 12.6. The minimum absolute atomic E-state index is 0.153. The number of likely N-dealkylation sites (N-methyl/N-ethyl adjacent to an activating group) is 1. The molecule has 2 unspecified atom stereocenters. The molecule has 2 atom stereocenters. The van der Waals surface area contributed by atoms with Crippen molar-refractivity contribution in [3.8, 4) is 0 Å². The van der Waals surface area contributed by atoms with Gasteiger partial charge in [0.25, 0.3) is 0 Å². The zero-order chi connectivity index (χ0) is 14.5. The molecular formula is C14H18FN3OS. The maximum Gasteiger partial charge on any atom is 0.231 e. The van der Waals surface area contributed by atoms with E-state index in [-0.39, 0.29) is 17.8 Å². The maximum atomic E-state index is 13.1. The van der Waals surface area contributed by atoms with Crippen molar-refractivity contribution in [3.05, 3.63) is 41.8 Å². The van der Waals surface area contributed by atoms with Gasteiger partial charge in [-0.05, 0) is 32.2 Å². The molecule has 0 aliphatic heterocycles. The topological polar surface area (TPSA) is 51.0 Å². The highest BCUT2D eigenvalue weighted by atomic mass is 32.2. The molecule has 2 aromatic rings. The lowest BCUT2D eigenvalue weighted by molar-refractivity contribution is 0.334. The fourth-order valence-electron chi connectivity index (χ4n) is 1.68. The number of rotatable bonds is 6. The molecule has 6 heteroatoms. The lowest BCUT2D eigenvalue weighted by atomic mass is 10.0. The van der Waals surface area contributed by atoms with Crippen LogP contribution in [0.5, 0.6) is 0 Å². The van der Waals surface area contributed by atoms with Gasteiger partial charge in [0.05, 0.1) is 11.7 Å². The van der Waals surface area contributed by atoms with Crippen LogP contribution < -0.4 is 5.32 Å². The van der Waals surface area contributed by atoms with E-state index in [2.05, 4.69) is 22.4 Å². The van der Waals surface area contributed by atoms with E-state index in [0.29, 0.717) is 17.5 Å². The Kier molecular flexibility index (Phi) is 5.14. The second-order valence-electron chi connectivity index (χ2n) is 4.66. The third-order valence-electron chi connectivity index (χ3n) is 3.24. The third kappa shape index (κ3) is 3.80. The van der Waals surface area contributed by atoms with E-state index in [4.69, 9.17) is 4.52 Å².